The van der Waals surface area contributed by atoms with Crippen LogP contribution in [0.1, 0.15) is 30.5 Å². The molecular formula is C20H17F3N6O2S. The molecule has 3 fully saturated rings. The van der Waals surface area contributed by atoms with Crippen molar-refractivity contribution in [3.05, 3.63) is 41.9 Å². The van der Waals surface area contributed by atoms with E-state index in [1.807, 2.05) is 0 Å². The molecule has 6 rings (SSSR count). The van der Waals surface area contributed by atoms with Crippen molar-refractivity contribution in [1.82, 2.24) is 19.1 Å². The predicted molar refractivity (Wildman–Crippen MR) is 108 cm³/mol. The summed E-state index contributed by atoms with van der Waals surface area (Å²) < 4.78 is 69.5. The minimum Gasteiger partial charge on any atom is -0.381 e. The molecule has 0 aliphatic heterocycles. The second kappa shape index (κ2) is 6.20. The Labute approximate surface area is 180 Å². The number of aryl methyl sites for hydroxylation is 1. The Morgan fingerprint density at radius 3 is 2.59 bits per heavy atom. The van der Waals surface area contributed by atoms with E-state index in [1.54, 1.807) is 13.0 Å². The zero-order chi connectivity index (χ0) is 23.1. The van der Waals surface area contributed by atoms with Crippen molar-refractivity contribution < 1.29 is 21.6 Å². The van der Waals surface area contributed by atoms with Crippen molar-refractivity contribution in [2.45, 2.75) is 42.8 Å². The third kappa shape index (κ3) is 2.96. The lowest BCUT2D eigenvalue weighted by Gasteiger charge is -2.66. The van der Waals surface area contributed by atoms with Crippen molar-refractivity contribution in [2.24, 2.45) is 5.41 Å². The van der Waals surface area contributed by atoms with Crippen LogP contribution in [0.3, 0.4) is 0 Å². The molecule has 12 heteroatoms. The van der Waals surface area contributed by atoms with Crippen molar-refractivity contribution in [3.63, 3.8) is 0 Å². The molecule has 1 aromatic carbocycles. The van der Waals surface area contributed by atoms with Crippen LogP contribution in [0.4, 0.5) is 19.0 Å². The number of halogens is 3. The number of nitrogen functional groups attached to an aromatic ring is 1. The second-order valence-corrected chi connectivity index (χ2v) is 10.3. The summed E-state index contributed by atoms with van der Waals surface area (Å²) in [6.45, 7) is 1.71. The van der Waals surface area contributed by atoms with Crippen LogP contribution < -0.4 is 10.5 Å². The van der Waals surface area contributed by atoms with E-state index in [0.29, 0.717) is 30.4 Å². The monoisotopic (exact) mass is 462 g/mol. The van der Waals surface area contributed by atoms with E-state index >= 15 is 0 Å². The van der Waals surface area contributed by atoms with E-state index in [0.717, 1.165) is 10.6 Å². The van der Waals surface area contributed by atoms with Gasteiger partial charge in [-0.05, 0) is 43.9 Å². The van der Waals surface area contributed by atoms with Gasteiger partial charge in [-0.15, -0.1) is 0 Å². The fraction of sp³-hybridized carbons (Fsp3) is 0.350. The molecule has 3 aliphatic carbocycles. The summed E-state index contributed by atoms with van der Waals surface area (Å²) in [5.74, 6) is -0.385. The first kappa shape index (κ1) is 20.7. The SMILES string of the molecule is Cc1ccc(S(=O)(=O)NC23CC(C#N)(C2)C3)cc1-c1cnc2c(N)nc(C(F)(F)F)cn12. The number of nitriles is 1. The normalized spacial score (nSPS) is 24.6. The molecule has 32 heavy (non-hydrogen) atoms. The smallest absolute Gasteiger partial charge is 0.381 e. The van der Waals surface area contributed by atoms with E-state index in [9.17, 15) is 21.6 Å². The number of aromatic nitrogens is 3. The zero-order valence-corrected chi connectivity index (χ0v) is 17.5. The van der Waals surface area contributed by atoms with Crippen LogP contribution in [0.2, 0.25) is 0 Å². The summed E-state index contributed by atoms with van der Waals surface area (Å²) in [4.78, 5) is 7.41. The first-order valence-electron chi connectivity index (χ1n) is 9.64. The summed E-state index contributed by atoms with van der Waals surface area (Å²) in [6.07, 6.45) is -1.15. The molecular weight excluding hydrogens is 445 g/mol. The van der Waals surface area contributed by atoms with Gasteiger partial charge in [0.25, 0.3) is 0 Å². The summed E-state index contributed by atoms with van der Waals surface area (Å²) in [6, 6.07) is 6.64. The average molecular weight is 462 g/mol. The lowest BCUT2D eigenvalue weighted by Crippen LogP contribution is -2.74. The number of hydrogen-bond donors (Lipinski definition) is 2. The number of nitrogens with two attached hydrogens (primary N) is 1. The number of imidazole rings is 1. The Hall–Kier alpha value is -3.17. The maximum atomic E-state index is 13.2. The molecule has 3 N–H and O–H groups in total. The van der Waals surface area contributed by atoms with E-state index in [-0.39, 0.29) is 22.1 Å². The fourth-order valence-corrected chi connectivity index (χ4v) is 6.18. The predicted octanol–water partition coefficient (Wildman–Crippen LogP) is 3.03. The molecule has 3 aromatic rings. The molecule has 2 aromatic heterocycles. The van der Waals surface area contributed by atoms with Crippen LogP contribution in [0.5, 0.6) is 0 Å². The number of rotatable bonds is 4. The summed E-state index contributed by atoms with van der Waals surface area (Å²) >= 11 is 0. The Morgan fingerprint density at radius 2 is 1.97 bits per heavy atom. The topological polar surface area (TPSA) is 126 Å². The molecule has 0 saturated heterocycles. The molecule has 0 spiro atoms. The van der Waals surface area contributed by atoms with Crippen LogP contribution >= 0.6 is 0 Å². The highest BCUT2D eigenvalue weighted by molar-refractivity contribution is 7.89. The quantitative estimate of drug-likeness (QED) is 0.614. The van der Waals surface area contributed by atoms with Gasteiger partial charge in [0.1, 0.15) is 0 Å². The van der Waals surface area contributed by atoms with E-state index < -0.39 is 32.8 Å². The number of alkyl halides is 3. The fourth-order valence-electron chi connectivity index (χ4n) is 4.75. The molecule has 0 unspecified atom stereocenters. The number of nitrogens with one attached hydrogen (secondary N) is 1. The largest absolute Gasteiger partial charge is 0.434 e. The molecule has 0 atom stereocenters. The van der Waals surface area contributed by atoms with Gasteiger partial charge < -0.3 is 5.73 Å². The van der Waals surface area contributed by atoms with E-state index in [1.165, 1.54) is 18.3 Å². The van der Waals surface area contributed by atoms with Crippen LogP contribution in [0, 0.1) is 23.7 Å². The van der Waals surface area contributed by atoms with Gasteiger partial charge in [0.15, 0.2) is 17.2 Å². The molecule has 8 nitrogen and oxygen atoms in total. The Bertz CT molecular complexity index is 1420. The Balaban J connectivity index is 1.56. The standard InChI is InChI=1S/C20H17F3N6O2S/c1-11-2-3-12(32(30,31)28-19-7-18(8-19,9-19)10-24)4-13(11)14-5-26-17-16(25)27-15(6-29(14)17)20(21,22)23/h2-6,28H,7-9H2,1H3,(H2,25,27). The third-order valence-electron chi connectivity index (χ3n) is 6.22. The van der Waals surface area contributed by atoms with Gasteiger partial charge in [-0.25, -0.2) is 23.1 Å². The molecule has 2 heterocycles. The molecule has 2 bridgehead atoms. The summed E-state index contributed by atoms with van der Waals surface area (Å²) in [5, 5.41) is 9.14. The Kier molecular flexibility index (Phi) is 4.02. The molecule has 0 amide bonds. The van der Waals surface area contributed by atoms with Crippen molar-refractivity contribution in [1.29, 1.82) is 5.26 Å². The van der Waals surface area contributed by atoms with Crippen LogP contribution in [-0.4, -0.2) is 28.3 Å². The van der Waals surface area contributed by atoms with Crippen LogP contribution in [0.25, 0.3) is 16.9 Å². The second-order valence-electron chi connectivity index (χ2n) is 8.63. The van der Waals surface area contributed by atoms with Crippen LogP contribution in [-0.2, 0) is 16.2 Å². The van der Waals surface area contributed by atoms with E-state index in [4.69, 9.17) is 11.0 Å². The average Bonchev–Trinajstić information content (AvgIpc) is 3.07. The number of fused-ring (bicyclic) bond motifs is 1. The van der Waals surface area contributed by atoms with Crippen molar-refractivity contribution >= 4 is 21.5 Å². The van der Waals surface area contributed by atoms with E-state index in [2.05, 4.69) is 20.8 Å². The maximum Gasteiger partial charge on any atom is 0.434 e. The minimum absolute atomic E-state index is 0.0261. The maximum absolute atomic E-state index is 13.2. The molecule has 166 valence electrons. The summed E-state index contributed by atoms with van der Waals surface area (Å²) in [5.41, 5.74) is 4.81. The number of benzene rings is 1. The van der Waals surface area contributed by atoms with Crippen molar-refractivity contribution in [3.8, 4) is 17.3 Å². The first-order chi connectivity index (χ1) is 14.9. The van der Waals surface area contributed by atoms with Gasteiger partial charge in [-0.3, -0.25) is 4.40 Å². The van der Waals surface area contributed by atoms with Gasteiger partial charge in [0.05, 0.1) is 28.3 Å². The lowest BCUT2D eigenvalue weighted by molar-refractivity contribution is -0.141. The van der Waals surface area contributed by atoms with Gasteiger partial charge in [-0.1, -0.05) is 6.07 Å². The highest BCUT2D eigenvalue weighted by Gasteiger charge is 2.69. The Morgan fingerprint density at radius 1 is 1.28 bits per heavy atom. The highest BCUT2D eigenvalue weighted by Crippen LogP contribution is 2.67. The zero-order valence-electron chi connectivity index (χ0n) is 16.7. The molecule has 3 saturated carbocycles. The third-order valence-corrected chi connectivity index (χ3v) is 7.80. The molecule has 0 radical (unpaired) electrons. The van der Waals surface area contributed by atoms with Gasteiger partial charge in [0.2, 0.25) is 10.0 Å². The van der Waals surface area contributed by atoms with Gasteiger partial charge in [-0.2, -0.15) is 18.4 Å². The number of sulfonamides is 1. The first-order valence-corrected chi connectivity index (χ1v) is 11.1. The van der Waals surface area contributed by atoms with Crippen LogP contribution in [0.15, 0.2) is 35.5 Å². The number of nitrogens with zero attached hydrogens (tertiary/aromatic N) is 4. The van der Waals surface area contributed by atoms with Crippen molar-refractivity contribution in [2.75, 3.05) is 5.73 Å². The minimum atomic E-state index is -4.71. The number of anilines is 1. The highest BCUT2D eigenvalue weighted by atomic mass is 32.2. The molecule has 3 aliphatic rings. The number of hydrogen-bond acceptors (Lipinski definition) is 6. The summed E-state index contributed by atoms with van der Waals surface area (Å²) in [7, 11) is -3.91. The van der Waals surface area contributed by atoms with Gasteiger partial charge in [0, 0.05) is 17.3 Å². The van der Waals surface area contributed by atoms with Gasteiger partial charge >= 0.3 is 6.18 Å². The lowest BCUT2D eigenvalue weighted by atomic mass is 9.40.